The molecule has 0 aliphatic rings. The second-order valence-corrected chi connectivity index (χ2v) is 7.87. The quantitative estimate of drug-likeness (QED) is 0.328. The summed E-state index contributed by atoms with van der Waals surface area (Å²) in [5.74, 6) is 0. The van der Waals surface area contributed by atoms with Crippen LogP contribution in [0.4, 0.5) is 6.01 Å². The maximum absolute atomic E-state index is 6.05. The van der Waals surface area contributed by atoms with Gasteiger partial charge in [-0.1, -0.05) is 42.5 Å². The Balaban J connectivity index is 1.43. The zero-order valence-electron chi connectivity index (χ0n) is 16.8. The first kappa shape index (κ1) is 17.8. The number of hydrogen-bond donors (Lipinski definition) is 2. The summed E-state index contributed by atoms with van der Waals surface area (Å²) in [6.45, 7) is 4.93. The number of aryl methyl sites for hydroxylation is 1. The lowest BCUT2D eigenvalue weighted by Gasteiger charge is -2.26. The maximum Gasteiger partial charge on any atom is 0.456 e. The van der Waals surface area contributed by atoms with Crippen LogP contribution in [0.3, 0.4) is 0 Å². The van der Waals surface area contributed by atoms with Gasteiger partial charge in [0.15, 0.2) is 11.1 Å². The van der Waals surface area contributed by atoms with E-state index >= 15 is 0 Å². The molecule has 2 N–H and O–H groups in total. The van der Waals surface area contributed by atoms with Gasteiger partial charge in [0.1, 0.15) is 17.8 Å². The van der Waals surface area contributed by atoms with Gasteiger partial charge in [-0.15, -0.1) is 0 Å². The highest BCUT2D eigenvalue weighted by molar-refractivity contribution is 6.07. The monoisotopic (exact) mass is 386 g/mol. The molecule has 0 bridgehead atoms. The fourth-order valence-corrected chi connectivity index (χ4v) is 3.99. The summed E-state index contributed by atoms with van der Waals surface area (Å²) in [7, 11) is 2.00. The topological polar surface area (TPSA) is 54.2 Å². The summed E-state index contributed by atoms with van der Waals surface area (Å²) in [6, 6.07) is 23.2. The molecule has 5 nitrogen and oxygen atoms in total. The van der Waals surface area contributed by atoms with Crippen LogP contribution in [0.2, 0.25) is 0 Å². The maximum atomic E-state index is 6.05. The van der Waals surface area contributed by atoms with E-state index < -0.39 is 0 Å². The Labute approximate surface area is 168 Å². The van der Waals surface area contributed by atoms with Crippen LogP contribution in [-0.2, 0) is 12.6 Å². The number of hydrogen-bond acceptors (Lipinski definition) is 4. The highest BCUT2D eigenvalue weighted by Crippen LogP contribution is 2.35. The van der Waals surface area contributed by atoms with Gasteiger partial charge in [-0.25, -0.2) is 5.32 Å². The van der Waals surface area contributed by atoms with Crippen molar-refractivity contribution in [1.29, 1.82) is 0 Å². The molecule has 3 aromatic carbocycles. The number of fused-ring (bicyclic) bond motifs is 4. The lowest BCUT2D eigenvalue weighted by molar-refractivity contribution is -0.634. The predicted molar refractivity (Wildman–Crippen MR) is 116 cm³/mol. The first-order valence-corrected chi connectivity index (χ1v) is 9.82. The molecule has 29 heavy (non-hydrogen) atoms. The number of aromatic nitrogens is 1. The van der Waals surface area contributed by atoms with E-state index in [9.17, 15) is 0 Å². The molecule has 0 radical (unpaired) electrons. The van der Waals surface area contributed by atoms with E-state index in [0.29, 0.717) is 6.67 Å². The number of benzene rings is 3. The second kappa shape index (κ2) is 6.64. The Bertz CT molecular complexity index is 1330. The van der Waals surface area contributed by atoms with Crippen LogP contribution in [0.5, 0.6) is 0 Å². The fourth-order valence-electron chi connectivity index (χ4n) is 3.99. The van der Waals surface area contributed by atoms with Crippen LogP contribution >= 0.6 is 0 Å². The average Bonchev–Trinajstić information content (AvgIpc) is 3.26. The lowest BCUT2D eigenvalue weighted by Crippen LogP contribution is -2.41. The zero-order chi connectivity index (χ0) is 20.0. The molecule has 0 spiro atoms. The molecular formula is C24H24N3O2+. The molecule has 0 fully saturated rings. The Kier molecular flexibility index (Phi) is 4.07. The minimum atomic E-state index is -0.274. The normalized spacial score (nSPS) is 12.2. The molecular weight excluding hydrogens is 362 g/mol. The third-order valence-corrected chi connectivity index (χ3v) is 5.58. The number of rotatable bonds is 5. The molecule has 0 saturated carbocycles. The Hall–Kier alpha value is -3.31. The van der Waals surface area contributed by atoms with Gasteiger partial charge in [0, 0.05) is 16.3 Å². The minimum absolute atomic E-state index is 0.274. The van der Waals surface area contributed by atoms with Crippen LogP contribution in [0.1, 0.15) is 19.4 Å². The lowest BCUT2D eigenvalue weighted by atomic mass is 9.90. The second-order valence-electron chi connectivity index (χ2n) is 7.87. The molecule has 0 atom stereocenters. The van der Waals surface area contributed by atoms with Crippen molar-refractivity contribution in [3.05, 3.63) is 72.3 Å². The van der Waals surface area contributed by atoms with Gasteiger partial charge >= 0.3 is 6.01 Å². The first-order valence-electron chi connectivity index (χ1n) is 9.82. The standard InChI is InChI=1S/C24H23N3O2/c1-24(2,26-15-25-23-27(3)18-11-5-7-13-20(18)29-23)17-10-8-14-21-22(17)16-9-4-6-12-19(16)28-21/h4-14,26H,15H2,1-3H3/p+1. The third-order valence-electron chi connectivity index (χ3n) is 5.58. The number of para-hydroxylation sites is 3. The van der Waals surface area contributed by atoms with E-state index in [1.165, 1.54) is 5.56 Å². The molecule has 5 aromatic rings. The predicted octanol–water partition coefficient (Wildman–Crippen LogP) is 5.05. The molecule has 0 unspecified atom stereocenters. The first-order chi connectivity index (χ1) is 14.0. The number of anilines is 1. The van der Waals surface area contributed by atoms with E-state index in [1.807, 2.05) is 54.1 Å². The molecule has 146 valence electrons. The average molecular weight is 386 g/mol. The molecule has 0 saturated heterocycles. The Morgan fingerprint density at radius 2 is 1.55 bits per heavy atom. The Morgan fingerprint density at radius 1 is 0.828 bits per heavy atom. The van der Waals surface area contributed by atoms with Crippen LogP contribution in [0, 0.1) is 0 Å². The van der Waals surface area contributed by atoms with Crippen molar-refractivity contribution < 1.29 is 13.4 Å². The van der Waals surface area contributed by atoms with E-state index in [4.69, 9.17) is 8.83 Å². The molecule has 5 rings (SSSR count). The summed E-state index contributed by atoms with van der Waals surface area (Å²) < 4.78 is 14.0. The van der Waals surface area contributed by atoms with Crippen molar-refractivity contribution in [2.24, 2.45) is 7.05 Å². The summed E-state index contributed by atoms with van der Waals surface area (Å²) >= 11 is 0. The van der Waals surface area contributed by atoms with Crippen molar-refractivity contribution in [3.63, 3.8) is 0 Å². The molecule has 0 aliphatic carbocycles. The van der Waals surface area contributed by atoms with E-state index in [-0.39, 0.29) is 5.54 Å². The van der Waals surface area contributed by atoms with E-state index in [1.54, 1.807) is 0 Å². The van der Waals surface area contributed by atoms with Gasteiger partial charge in [0.05, 0.1) is 7.05 Å². The largest absolute Gasteiger partial charge is 0.456 e. The van der Waals surface area contributed by atoms with E-state index in [2.05, 4.69) is 48.7 Å². The molecule has 2 heterocycles. The highest BCUT2D eigenvalue weighted by Gasteiger charge is 2.26. The SMILES string of the molecule is C[n+]1c(NCNC(C)(C)c2cccc3oc4ccccc4c23)oc2ccccc21. The van der Waals surface area contributed by atoms with Gasteiger partial charge in [0.2, 0.25) is 0 Å². The number of nitrogens with zero attached hydrogens (tertiary/aromatic N) is 1. The van der Waals surface area contributed by atoms with Crippen molar-refractivity contribution in [2.45, 2.75) is 19.4 Å². The summed E-state index contributed by atoms with van der Waals surface area (Å²) in [6.07, 6.45) is 0. The number of furan rings is 1. The minimum Gasteiger partial charge on any atom is -0.456 e. The number of oxazole rings is 1. The highest BCUT2D eigenvalue weighted by atomic mass is 16.4. The van der Waals surface area contributed by atoms with Crippen LogP contribution < -0.4 is 15.2 Å². The molecule has 5 heteroatoms. The van der Waals surface area contributed by atoms with E-state index in [0.717, 1.165) is 39.1 Å². The van der Waals surface area contributed by atoms with Gasteiger partial charge in [-0.05, 0) is 43.7 Å². The van der Waals surface area contributed by atoms with Crippen molar-refractivity contribution in [3.8, 4) is 0 Å². The van der Waals surface area contributed by atoms with Crippen LogP contribution in [-0.4, -0.2) is 6.67 Å². The summed E-state index contributed by atoms with van der Waals surface area (Å²) in [5.41, 5.74) is 4.68. The van der Waals surface area contributed by atoms with Crippen LogP contribution in [0.15, 0.2) is 75.6 Å². The zero-order valence-corrected chi connectivity index (χ0v) is 16.8. The molecule has 2 aromatic heterocycles. The van der Waals surface area contributed by atoms with Crippen molar-refractivity contribution in [1.82, 2.24) is 5.32 Å². The smallest absolute Gasteiger partial charge is 0.456 e. The van der Waals surface area contributed by atoms with Gasteiger partial charge < -0.3 is 8.83 Å². The molecule has 0 amide bonds. The van der Waals surface area contributed by atoms with Gasteiger partial charge in [-0.2, -0.15) is 4.57 Å². The Morgan fingerprint density at radius 3 is 2.38 bits per heavy atom. The van der Waals surface area contributed by atoms with Crippen LogP contribution in [0.25, 0.3) is 33.0 Å². The molecule has 0 aliphatic heterocycles. The van der Waals surface area contributed by atoms with Crippen molar-refractivity contribution >= 4 is 39.1 Å². The van der Waals surface area contributed by atoms with Gasteiger partial charge in [-0.3, -0.25) is 5.32 Å². The fraction of sp³-hybridized carbons (Fsp3) is 0.208. The number of nitrogens with one attached hydrogen (secondary N) is 2. The van der Waals surface area contributed by atoms with Crippen molar-refractivity contribution in [2.75, 3.05) is 12.0 Å². The third kappa shape index (κ3) is 2.95. The van der Waals surface area contributed by atoms with Gasteiger partial charge in [0.25, 0.3) is 0 Å². The summed E-state index contributed by atoms with van der Waals surface area (Å²) in [4.78, 5) is 0. The summed E-state index contributed by atoms with van der Waals surface area (Å²) in [5, 5.41) is 9.29.